The number of carbonyl (C=O) groups excluding carboxylic acids is 2. The maximum Gasteiger partial charge on any atom is 0.319 e. The molecule has 6 heteroatoms. The molecule has 1 aromatic heterocycles. The summed E-state index contributed by atoms with van der Waals surface area (Å²) in [5.41, 5.74) is 3.23. The quantitative estimate of drug-likeness (QED) is 0.922. The molecule has 0 saturated heterocycles. The number of benzene rings is 1. The number of fused-ring (bicyclic) bond motifs is 1. The SMILES string of the molecule is CN(C)C(=O)N1CCc2c(cncc2C(=O)Nc2ccccc2)C1. The van der Waals surface area contributed by atoms with Gasteiger partial charge in [-0.3, -0.25) is 9.78 Å². The maximum atomic E-state index is 12.6. The first-order valence-electron chi connectivity index (χ1n) is 7.84. The van der Waals surface area contributed by atoms with Gasteiger partial charge >= 0.3 is 6.03 Å². The second-order valence-corrected chi connectivity index (χ2v) is 5.99. The molecule has 24 heavy (non-hydrogen) atoms. The fourth-order valence-electron chi connectivity index (χ4n) is 2.86. The fourth-order valence-corrected chi connectivity index (χ4v) is 2.86. The third-order valence-corrected chi connectivity index (χ3v) is 4.07. The number of hydrogen-bond acceptors (Lipinski definition) is 3. The summed E-state index contributed by atoms with van der Waals surface area (Å²) in [6.07, 6.45) is 3.99. The Hall–Kier alpha value is -2.89. The van der Waals surface area contributed by atoms with Crippen molar-refractivity contribution < 1.29 is 9.59 Å². The summed E-state index contributed by atoms with van der Waals surface area (Å²) in [5.74, 6) is -0.169. The van der Waals surface area contributed by atoms with Crippen LogP contribution in [-0.2, 0) is 13.0 Å². The van der Waals surface area contributed by atoms with E-state index >= 15 is 0 Å². The molecule has 3 amide bonds. The Morgan fingerprint density at radius 3 is 2.62 bits per heavy atom. The van der Waals surface area contributed by atoms with Gasteiger partial charge in [-0.25, -0.2) is 4.79 Å². The van der Waals surface area contributed by atoms with E-state index in [9.17, 15) is 9.59 Å². The van der Waals surface area contributed by atoms with Gasteiger partial charge in [0.1, 0.15) is 0 Å². The highest BCUT2D eigenvalue weighted by molar-refractivity contribution is 6.05. The molecule has 0 radical (unpaired) electrons. The topological polar surface area (TPSA) is 65.5 Å². The van der Waals surface area contributed by atoms with Crippen LogP contribution in [-0.4, -0.2) is 47.4 Å². The van der Waals surface area contributed by atoms with E-state index in [1.165, 1.54) is 0 Å². The molecule has 0 aliphatic carbocycles. The average molecular weight is 324 g/mol. The molecule has 1 aliphatic rings. The lowest BCUT2D eigenvalue weighted by Gasteiger charge is -2.31. The lowest BCUT2D eigenvalue weighted by molar-refractivity contribution is 0.102. The molecule has 0 fully saturated rings. The van der Waals surface area contributed by atoms with Crippen molar-refractivity contribution in [2.45, 2.75) is 13.0 Å². The van der Waals surface area contributed by atoms with Crippen LogP contribution in [0.1, 0.15) is 21.5 Å². The minimum Gasteiger partial charge on any atom is -0.331 e. The smallest absolute Gasteiger partial charge is 0.319 e. The van der Waals surface area contributed by atoms with Gasteiger partial charge in [-0.15, -0.1) is 0 Å². The number of anilines is 1. The monoisotopic (exact) mass is 324 g/mol. The molecule has 124 valence electrons. The molecular formula is C18H20N4O2. The van der Waals surface area contributed by atoms with Gasteiger partial charge in [-0.1, -0.05) is 18.2 Å². The number of hydrogen-bond donors (Lipinski definition) is 1. The van der Waals surface area contributed by atoms with Crippen LogP contribution in [0.4, 0.5) is 10.5 Å². The van der Waals surface area contributed by atoms with E-state index in [-0.39, 0.29) is 11.9 Å². The molecule has 0 atom stereocenters. The van der Waals surface area contributed by atoms with E-state index in [2.05, 4.69) is 10.3 Å². The number of aromatic nitrogens is 1. The van der Waals surface area contributed by atoms with Gasteiger partial charge in [0.15, 0.2) is 0 Å². The number of pyridine rings is 1. The van der Waals surface area contributed by atoms with Crippen molar-refractivity contribution in [3.8, 4) is 0 Å². The second-order valence-electron chi connectivity index (χ2n) is 5.99. The highest BCUT2D eigenvalue weighted by Gasteiger charge is 2.25. The summed E-state index contributed by atoms with van der Waals surface area (Å²) in [7, 11) is 3.47. The molecule has 0 saturated carbocycles. The molecule has 2 aromatic rings. The Morgan fingerprint density at radius 1 is 1.17 bits per heavy atom. The maximum absolute atomic E-state index is 12.6. The van der Waals surface area contributed by atoms with E-state index in [1.54, 1.807) is 36.3 Å². The zero-order chi connectivity index (χ0) is 17.1. The third kappa shape index (κ3) is 3.22. The molecule has 1 aromatic carbocycles. The van der Waals surface area contributed by atoms with Gasteiger partial charge in [-0.05, 0) is 29.7 Å². The fraction of sp³-hybridized carbons (Fsp3) is 0.278. The first kappa shape index (κ1) is 16.0. The molecule has 3 rings (SSSR count). The van der Waals surface area contributed by atoms with E-state index in [0.717, 1.165) is 16.8 Å². The van der Waals surface area contributed by atoms with Crippen LogP contribution in [0.3, 0.4) is 0 Å². The Morgan fingerprint density at radius 2 is 1.92 bits per heavy atom. The first-order valence-corrected chi connectivity index (χ1v) is 7.84. The number of para-hydroxylation sites is 1. The largest absolute Gasteiger partial charge is 0.331 e. The molecular weight excluding hydrogens is 304 g/mol. The van der Waals surface area contributed by atoms with E-state index in [0.29, 0.717) is 25.1 Å². The van der Waals surface area contributed by atoms with Gasteiger partial charge in [-0.2, -0.15) is 0 Å². The van der Waals surface area contributed by atoms with Crippen molar-refractivity contribution in [2.24, 2.45) is 0 Å². The summed E-state index contributed by atoms with van der Waals surface area (Å²) >= 11 is 0. The lowest BCUT2D eigenvalue weighted by atomic mass is 9.97. The number of nitrogens with zero attached hydrogens (tertiary/aromatic N) is 3. The zero-order valence-corrected chi connectivity index (χ0v) is 13.8. The van der Waals surface area contributed by atoms with Gasteiger partial charge in [0.25, 0.3) is 5.91 Å². The summed E-state index contributed by atoms with van der Waals surface area (Å²) < 4.78 is 0. The minimum atomic E-state index is -0.169. The van der Waals surface area contributed by atoms with Crippen LogP contribution in [0.15, 0.2) is 42.7 Å². The van der Waals surface area contributed by atoms with Gasteiger partial charge in [0, 0.05) is 45.3 Å². The van der Waals surface area contributed by atoms with Crippen molar-refractivity contribution in [1.82, 2.24) is 14.8 Å². The standard InChI is InChI=1S/C18H20N4O2/c1-21(2)18(24)22-9-8-15-13(12-22)10-19-11-16(15)17(23)20-14-6-4-3-5-7-14/h3-7,10-11H,8-9,12H2,1-2H3,(H,20,23). The van der Waals surface area contributed by atoms with E-state index < -0.39 is 0 Å². The highest BCUT2D eigenvalue weighted by Crippen LogP contribution is 2.23. The van der Waals surface area contributed by atoms with Crippen LogP contribution in [0.2, 0.25) is 0 Å². The molecule has 0 spiro atoms. The number of carbonyl (C=O) groups is 2. The van der Waals surface area contributed by atoms with Crippen LogP contribution >= 0.6 is 0 Å². The zero-order valence-electron chi connectivity index (χ0n) is 13.8. The van der Waals surface area contributed by atoms with Crippen molar-refractivity contribution in [3.63, 3.8) is 0 Å². The first-order chi connectivity index (χ1) is 11.6. The van der Waals surface area contributed by atoms with Gasteiger partial charge in [0.2, 0.25) is 0 Å². The Kier molecular flexibility index (Phi) is 4.46. The normalized spacial score (nSPS) is 13.2. The number of rotatable bonds is 2. The minimum absolute atomic E-state index is 0.0280. The Balaban J connectivity index is 1.81. The summed E-state index contributed by atoms with van der Waals surface area (Å²) in [6.45, 7) is 1.07. The molecule has 1 aliphatic heterocycles. The van der Waals surface area contributed by atoms with Crippen molar-refractivity contribution in [2.75, 3.05) is 26.0 Å². The van der Waals surface area contributed by atoms with Crippen molar-refractivity contribution >= 4 is 17.6 Å². The molecule has 1 N–H and O–H groups in total. The van der Waals surface area contributed by atoms with Crippen molar-refractivity contribution in [3.05, 3.63) is 59.4 Å². The van der Waals surface area contributed by atoms with Crippen molar-refractivity contribution in [1.29, 1.82) is 0 Å². The van der Waals surface area contributed by atoms with Gasteiger partial charge in [0.05, 0.1) is 5.56 Å². The number of nitrogens with one attached hydrogen (secondary N) is 1. The Bertz CT molecular complexity index is 759. The third-order valence-electron chi connectivity index (χ3n) is 4.07. The molecule has 2 heterocycles. The predicted molar refractivity (Wildman–Crippen MR) is 91.8 cm³/mol. The van der Waals surface area contributed by atoms with Gasteiger partial charge < -0.3 is 15.1 Å². The van der Waals surface area contributed by atoms with Crippen LogP contribution in [0, 0.1) is 0 Å². The predicted octanol–water partition coefficient (Wildman–Crippen LogP) is 2.37. The summed E-state index contributed by atoms with van der Waals surface area (Å²) in [4.78, 5) is 32.2. The van der Waals surface area contributed by atoms with Crippen LogP contribution in [0.25, 0.3) is 0 Å². The number of urea groups is 1. The van der Waals surface area contributed by atoms with Crippen LogP contribution < -0.4 is 5.32 Å². The Labute approximate surface area is 141 Å². The highest BCUT2D eigenvalue weighted by atomic mass is 16.2. The molecule has 0 bridgehead atoms. The van der Waals surface area contributed by atoms with Crippen LogP contribution in [0.5, 0.6) is 0 Å². The summed E-state index contributed by atoms with van der Waals surface area (Å²) in [6, 6.07) is 9.31. The van der Waals surface area contributed by atoms with E-state index in [1.807, 2.05) is 30.3 Å². The molecule has 6 nitrogen and oxygen atoms in total. The van der Waals surface area contributed by atoms with E-state index in [4.69, 9.17) is 0 Å². The second kappa shape index (κ2) is 6.70. The lowest BCUT2D eigenvalue weighted by Crippen LogP contribution is -2.42. The number of amides is 3. The molecule has 0 unspecified atom stereocenters. The summed E-state index contributed by atoms with van der Waals surface area (Å²) in [5, 5.41) is 2.89. The average Bonchev–Trinajstić information content (AvgIpc) is 2.60.